The molecule has 1 atom stereocenters. The molecule has 2 rings (SSSR count). The molecule has 21 heavy (non-hydrogen) atoms. The van der Waals surface area contributed by atoms with Gasteiger partial charge in [0.2, 0.25) is 0 Å². The van der Waals surface area contributed by atoms with Gasteiger partial charge < -0.3 is 10.2 Å². The lowest BCUT2D eigenvalue weighted by atomic mass is 9.86. The first-order valence-corrected chi connectivity index (χ1v) is 8.71. The van der Waals surface area contributed by atoms with Crippen molar-refractivity contribution in [1.82, 2.24) is 10.2 Å². The van der Waals surface area contributed by atoms with Crippen molar-refractivity contribution in [1.29, 1.82) is 0 Å². The minimum atomic E-state index is 0.499. The van der Waals surface area contributed by atoms with E-state index in [1.807, 2.05) is 0 Å². The topological polar surface area (TPSA) is 15.3 Å². The van der Waals surface area contributed by atoms with Crippen LogP contribution in [0.4, 0.5) is 0 Å². The maximum absolute atomic E-state index is 3.64. The molecule has 1 N–H and O–H groups in total. The number of hydrogen-bond donors (Lipinski definition) is 1. The zero-order valence-corrected chi connectivity index (χ0v) is 14.0. The molecular weight excluding hydrogens is 256 g/mol. The van der Waals surface area contributed by atoms with Crippen LogP contribution in [0.15, 0.2) is 30.3 Å². The van der Waals surface area contributed by atoms with Gasteiger partial charge in [0.1, 0.15) is 0 Å². The van der Waals surface area contributed by atoms with Gasteiger partial charge in [0.15, 0.2) is 0 Å². The largest absolute Gasteiger partial charge is 0.310 e. The van der Waals surface area contributed by atoms with E-state index < -0.39 is 0 Å². The van der Waals surface area contributed by atoms with Gasteiger partial charge in [0.25, 0.3) is 0 Å². The van der Waals surface area contributed by atoms with E-state index in [-0.39, 0.29) is 0 Å². The van der Waals surface area contributed by atoms with E-state index in [0.717, 1.165) is 18.4 Å². The third kappa shape index (κ3) is 5.12. The summed E-state index contributed by atoms with van der Waals surface area (Å²) >= 11 is 0. The van der Waals surface area contributed by atoms with Crippen LogP contribution in [0, 0.1) is 11.8 Å². The molecule has 0 aliphatic carbocycles. The molecule has 0 saturated carbocycles. The molecule has 1 aliphatic rings. The van der Waals surface area contributed by atoms with Crippen LogP contribution in [0.3, 0.4) is 0 Å². The summed E-state index contributed by atoms with van der Waals surface area (Å²) < 4.78 is 0. The molecular formula is C19H32N2. The van der Waals surface area contributed by atoms with Crippen molar-refractivity contribution in [2.24, 2.45) is 11.8 Å². The van der Waals surface area contributed by atoms with Crippen LogP contribution < -0.4 is 5.32 Å². The molecule has 0 bridgehead atoms. The molecule has 1 aromatic rings. The smallest absolute Gasteiger partial charge is 0.0332 e. The van der Waals surface area contributed by atoms with Gasteiger partial charge in [0, 0.05) is 6.04 Å². The fourth-order valence-electron chi connectivity index (χ4n) is 3.47. The van der Waals surface area contributed by atoms with Crippen LogP contribution in [-0.2, 0) is 0 Å². The molecule has 1 unspecified atom stereocenters. The van der Waals surface area contributed by atoms with Gasteiger partial charge in [0.05, 0.1) is 0 Å². The number of likely N-dealkylation sites (tertiary alicyclic amines) is 1. The summed E-state index contributed by atoms with van der Waals surface area (Å²) in [7, 11) is 0. The van der Waals surface area contributed by atoms with Crippen LogP contribution in [0.5, 0.6) is 0 Å². The number of hydrogen-bond acceptors (Lipinski definition) is 2. The van der Waals surface area contributed by atoms with Gasteiger partial charge in [-0.25, -0.2) is 0 Å². The third-order valence-electron chi connectivity index (χ3n) is 4.96. The maximum Gasteiger partial charge on any atom is 0.0332 e. The number of piperidine rings is 1. The first kappa shape index (κ1) is 16.5. The average Bonchev–Trinajstić information content (AvgIpc) is 2.52. The third-order valence-corrected chi connectivity index (χ3v) is 4.96. The quantitative estimate of drug-likeness (QED) is 0.813. The number of rotatable bonds is 7. The van der Waals surface area contributed by atoms with Crippen LogP contribution >= 0.6 is 0 Å². The second-order valence-corrected chi connectivity index (χ2v) is 6.73. The Bertz CT molecular complexity index is 380. The highest BCUT2D eigenvalue weighted by molar-refractivity contribution is 5.18. The van der Waals surface area contributed by atoms with Crippen molar-refractivity contribution in [2.75, 3.05) is 26.2 Å². The molecule has 0 spiro atoms. The predicted octanol–water partition coefficient (Wildman–Crippen LogP) is 4.10. The Morgan fingerprint density at radius 1 is 1.14 bits per heavy atom. The van der Waals surface area contributed by atoms with Crippen LogP contribution in [0.25, 0.3) is 0 Å². The fraction of sp³-hybridized carbons (Fsp3) is 0.684. The molecule has 1 heterocycles. The number of nitrogens with zero attached hydrogens (tertiary/aromatic N) is 1. The highest BCUT2D eigenvalue weighted by Crippen LogP contribution is 2.25. The zero-order chi connectivity index (χ0) is 15.1. The molecule has 1 saturated heterocycles. The van der Waals surface area contributed by atoms with E-state index in [1.54, 1.807) is 0 Å². The van der Waals surface area contributed by atoms with Crippen molar-refractivity contribution in [3.05, 3.63) is 35.9 Å². The Morgan fingerprint density at radius 2 is 1.81 bits per heavy atom. The van der Waals surface area contributed by atoms with E-state index in [4.69, 9.17) is 0 Å². The second kappa shape index (κ2) is 8.55. The first-order chi connectivity index (χ1) is 10.2. The summed E-state index contributed by atoms with van der Waals surface area (Å²) in [5.41, 5.74) is 1.43. The first-order valence-electron chi connectivity index (χ1n) is 8.71. The standard InChI is InChI=1S/C19H32N2/c1-4-20-19(18-8-6-5-7-9-18)12-15-21-13-10-17(11-14-21)16(2)3/h5-9,16-17,19-20H,4,10-15H2,1-3H3. The van der Waals surface area contributed by atoms with Crippen molar-refractivity contribution in [3.63, 3.8) is 0 Å². The van der Waals surface area contributed by atoms with Crippen LogP contribution in [-0.4, -0.2) is 31.1 Å². The summed E-state index contributed by atoms with van der Waals surface area (Å²) in [6.45, 7) is 11.8. The minimum Gasteiger partial charge on any atom is -0.310 e. The molecule has 118 valence electrons. The van der Waals surface area contributed by atoms with Gasteiger partial charge in [-0.1, -0.05) is 51.1 Å². The second-order valence-electron chi connectivity index (χ2n) is 6.73. The van der Waals surface area contributed by atoms with Crippen LogP contribution in [0.2, 0.25) is 0 Å². The molecule has 2 nitrogen and oxygen atoms in total. The Balaban J connectivity index is 1.80. The highest BCUT2D eigenvalue weighted by atomic mass is 15.1. The summed E-state index contributed by atoms with van der Waals surface area (Å²) in [5.74, 6) is 1.80. The Kier molecular flexibility index (Phi) is 6.72. The van der Waals surface area contributed by atoms with Crippen molar-refractivity contribution < 1.29 is 0 Å². The SMILES string of the molecule is CCNC(CCN1CCC(C(C)C)CC1)c1ccccc1. The fourth-order valence-corrected chi connectivity index (χ4v) is 3.47. The summed E-state index contributed by atoms with van der Waals surface area (Å²) in [5, 5.41) is 3.64. The number of nitrogens with one attached hydrogen (secondary N) is 1. The van der Waals surface area contributed by atoms with E-state index >= 15 is 0 Å². The van der Waals surface area contributed by atoms with Gasteiger partial charge in [-0.3, -0.25) is 0 Å². The Morgan fingerprint density at radius 3 is 2.38 bits per heavy atom. The van der Waals surface area contributed by atoms with Gasteiger partial charge in [-0.05, 0) is 62.8 Å². The Hall–Kier alpha value is -0.860. The lowest BCUT2D eigenvalue weighted by Crippen LogP contribution is -2.37. The van der Waals surface area contributed by atoms with Crippen LogP contribution in [0.1, 0.15) is 51.6 Å². The van der Waals surface area contributed by atoms with E-state index in [2.05, 4.69) is 61.3 Å². The maximum atomic E-state index is 3.64. The minimum absolute atomic E-state index is 0.499. The molecule has 2 heteroatoms. The van der Waals surface area contributed by atoms with Gasteiger partial charge in [-0.15, -0.1) is 0 Å². The predicted molar refractivity (Wildman–Crippen MR) is 91.5 cm³/mol. The Labute approximate surface area is 130 Å². The lowest BCUT2D eigenvalue weighted by Gasteiger charge is -2.34. The number of benzene rings is 1. The summed E-state index contributed by atoms with van der Waals surface area (Å²) in [6.07, 6.45) is 3.98. The summed E-state index contributed by atoms with van der Waals surface area (Å²) in [6, 6.07) is 11.4. The molecule has 1 fully saturated rings. The molecule has 0 aromatic heterocycles. The van der Waals surface area contributed by atoms with E-state index in [9.17, 15) is 0 Å². The molecule has 1 aromatic carbocycles. The van der Waals surface area contributed by atoms with Crippen molar-refractivity contribution in [2.45, 2.75) is 46.1 Å². The van der Waals surface area contributed by atoms with E-state index in [1.165, 1.54) is 44.5 Å². The highest BCUT2D eigenvalue weighted by Gasteiger charge is 2.22. The van der Waals surface area contributed by atoms with Gasteiger partial charge >= 0.3 is 0 Å². The molecule has 0 amide bonds. The average molecular weight is 288 g/mol. The molecule has 0 radical (unpaired) electrons. The van der Waals surface area contributed by atoms with Gasteiger partial charge in [-0.2, -0.15) is 0 Å². The zero-order valence-electron chi connectivity index (χ0n) is 14.0. The summed E-state index contributed by atoms with van der Waals surface area (Å²) in [4.78, 5) is 2.66. The monoisotopic (exact) mass is 288 g/mol. The normalized spacial score (nSPS) is 19.0. The lowest BCUT2D eigenvalue weighted by molar-refractivity contribution is 0.152. The van der Waals surface area contributed by atoms with Crippen molar-refractivity contribution in [3.8, 4) is 0 Å². The molecule has 1 aliphatic heterocycles. The van der Waals surface area contributed by atoms with Crippen molar-refractivity contribution >= 4 is 0 Å². The van der Waals surface area contributed by atoms with E-state index in [0.29, 0.717) is 6.04 Å².